The Morgan fingerprint density at radius 1 is 1.10 bits per heavy atom. The van der Waals surface area contributed by atoms with Gasteiger partial charge in [-0.1, -0.05) is 19.9 Å². The van der Waals surface area contributed by atoms with Crippen LogP contribution in [0.2, 0.25) is 0 Å². The van der Waals surface area contributed by atoms with E-state index in [4.69, 9.17) is 20.2 Å². The maximum absolute atomic E-state index is 14.6. The summed E-state index contributed by atoms with van der Waals surface area (Å²) >= 11 is 0. The van der Waals surface area contributed by atoms with Crippen LogP contribution in [0.1, 0.15) is 57.6 Å². The summed E-state index contributed by atoms with van der Waals surface area (Å²) in [6.45, 7) is 11.8. The Kier molecular flexibility index (Phi) is 7.75. The summed E-state index contributed by atoms with van der Waals surface area (Å²) in [5, 5.41) is -0.398. The van der Waals surface area contributed by atoms with Crippen molar-refractivity contribution < 1.29 is 27.1 Å². The zero-order valence-corrected chi connectivity index (χ0v) is 24.1. The highest BCUT2D eigenvalue weighted by atomic mass is 32.2. The molecule has 0 aliphatic carbocycles. The molecule has 0 atom stereocenters. The van der Waals surface area contributed by atoms with Gasteiger partial charge in [0.15, 0.2) is 5.03 Å². The molecule has 0 bridgehead atoms. The van der Waals surface area contributed by atoms with Crippen molar-refractivity contribution in [3.63, 3.8) is 0 Å². The van der Waals surface area contributed by atoms with Gasteiger partial charge in [0.2, 0.25) is 0 Å². The topological polar surface area (TPSA) is 134 Å². The molecule has 9 nitrogen and oxygen atoms in total. The molecule has 2 aromatic heterocycles. The molecule has 1 aliphatic rings. The first-order valence-corrected chi connectivity index (χ1v) is 14.2. The van der Waals surface area contributed by atoms with E-state index in [1.54, 1.807) is 6.07 Å². The first-order chi connectivity index (χ1) is 18.6. The number of rotatable bonds is 8. The number of nitrogens with zero attached hydrogens (tertiary/aromatic N) is 2. The molecular formula is C29H33FN4O5S. The molecule has 1 aromatic carbocycles. The summed E-state index contributed by atoms with van der Waals surface area (Å²) in [6, 6.07) is 11.4. The van der Waals surface area contributed by atoms with Gasteiger partial charge in [0.25, 0.3) is 15.9 Å². The minimum absolute atomic E-state index is 0.00823. The number of aromatic nitrogens is 2. The third-order valence-corrected chi connectivity index (χ3v) is 7.28. The molecule has 1 aliphatic heterocycles. The fraction of sp³-hybridized carbons (Fsp3) is 0.345. The van der Waals surface area contributed by atoms with Gasteiger partial charge in [0, 0.05) is 17.2 Å². The zero-order chi connectivity index (χ0) is 29.5. The average molecular weight is 569 g/mol. The Balaban J connectivity index is 1.81. The summed E-state index contributed by atoms with van der Waals surface area (Å²) in [6.07, 6.45) is 1.84. The van der Waals surface area contributed by atoms with Crippen molar-refractivity contribution in [2.75, 3.05) is 12.3 Å². The molecule has 11 heteroatoms. The van der Waals surface area contributed by atoms with Gasteiger partial charge >= 0.3 is 0 Å². The van der Waals surface area contributed by atoms with Crippen LogP contribution in [0.4, 0.5) is 10.2 Å². The number of nitrogens with one attached hydrogen (secondary N) is 1. The summed E-state index contributed by atoms with van der Waals surface area (Å²) in [5.41, 5.74) is 5.65. The second-order valence-corrected chi connectivity index (χ2v) is 12.7. The van der Waals surface area contributed by atoms with Gasteiger partial charge in [-0.05, 0) is 76.1 Å². The van der Waals surface area contributed by atoms with Crippen LogP contribution in [0.5, 0.6) is 5.75 Å². The van der Waals surface area contributed by atoms with E-state index >= 15 is 0 Å². The highest BCUT2D eigenvalue weighted by molar-refractivity contribution is 7.90. The number of ether oxygens (including phenoxy) is 2. The Hall–Kier alpha value is -3.83. The van der Waals surface area contributed by atoms with Gasteiger partial charge in [0.1, 0.15) is 17.4 Å². The van der Waals surface area contributed by atoms with Gasteiger partial charge in [0.05, 0.1) is 34.8 Å². The van der Waals surface area contributed by atoms with Gasteiger partial charge < -0.3 is 15.2 Å². The molecule has 3 N–H and O–H groups in total. The number of carbonyl (C=O) groups excluding carboxylic acids is 1. The van der Waals surface area contributed by atoms with Crippen LogP contribution in [0.3, 0.4) is 0 Å². The molecule has 0 radical (unpaired) electrons. The van der Waals surface area contributed by atoms with E-state index in [0.29, 0.717) is 29.2 Å². The van der Waals surface area contributed by atoms with E-state index in [0.717, 1.165) is 0 Å². The van der Waals surface area contributed by atoms with Crippen molar-refractivity contribution in [2.45, 2.75) is 57.8 Å². The van der Waals surface area contributed by atoms with Gasteiger partial charge in [-0.15, -0.1) is 0 Å². The molecular weight excluding hydrogens is 535 g/mol. The predicted molar refractivity (Wildman–Crippen MR) is 150 cm³/mol. The maximum atomic E-state index is 14.6. The SMILES string of the molecule is CC(C)COc1cc(F)cc(-c2ccc(C(=O)NS(=O)(=O)c3cccc(N)n3)c(C3=CC(C)(C)OC3(C)C)n2)c1. The lowest BCUT2D eigenvalue weighted by Crippen LogP contribution is -2.33. The normalized spacial score (nSPS) is 16.1. The molecule has 1 amide bonds. The number of anilines is 1. The van der Waals surface area contributed by atoms with E-state index in [2.05, 4.69) is 9.71 Å². The van der Waals surface area contributed by atoms with Crippen molar-refractivity contribution in [3.8, 4) is 17.0 Å². The number of sulfonamides is 1. The number of benzene rings is 1. The van der Waals surface area contributed by atoms with E-state index in [1.165, 1.54) is 42.5 Å². The predicted octanol–water partition coefficient (Wildman–Crippen LogP) is 4.99. The molecule has 4 rings (SSSR count). The van der Waals surface area contributed by atoms with Crippen molar-refractivity contribution in [2.24, 2.45) is 5.92 Å². The van der Waals surface area contributed by atoms with Gasteiger partial charge in [-0.25, -0.2) is 19.1 Å². The smallest absolute Gasteiger partial charge is 0.281 e. The molecule has 0 spiro atoms. The molecule has 0 saturated carbocycles. The highest BCUT2D eigenvalue weighted by Gasteiger charge is 2.41. The fourth-order valence-electron chi connectivity index (χ4n) is 4.49. The third kappa shape index (κ3) is 6.48. The third-order valence-electron chi connectivity index (χ3n) is 6.05. The first-order valence-electron chi connectivity index (χ1n) is 12.7. The van der Waals surface area contributed by atoms with Crippen LogP contribution in [-0.4, -0.2) is 42.1 Å². The van der Waals surface area contributed by atoms with Crippen LogP contribution < -0.4 is 15.2 Å². The van der Waals surface area contributed by atoms with Crippen LogP contribution in [-0.2, 0) is 14.8 Å². The second-order valence-electron chi connectivity index (χ2n) is 11.1. The number of nitrogen functional groups attached to an aromatic ring is 1. The number of hydrogen-bond donors (Lipinski definition) is 2. The molecule has 0 fully saturated rings. The molecule has 0 unspecified atom stereocenters. The number of carbonyl (C=O) groups is 1. The van der Waals surface area contributed by atoms with Crippen LogP contribution in [0.25, 0.3) is 16.8 Å². The van der Waals surface area contributed by atoms with Gasteiger partial charge in [-0.2, -0.15) is 8.42 Å². The lowest BCUT2D eigenvalue weighted by atomic mass is 9.91. The summed E-state index contributed by atoms with van der Waals surface area (Å²) in [5.74, 6) is -0.842. The second kappa shape index (κ2) is 10.6. The average Bonchev–Trinajstić information content (AvgIpc) is 3.08. The Morgan fingerprint density at radius 3 is 2.45 bits per heavy atom. The van der Waals surface area contributed by atoms with Crippen LogP contribution >= 0.6 is 0 Å². The van der Waals surface area contributed by atoms with Crippen LogP contribution in [0.15, 0.2) is 59.6 Å². The fourth-order valence-corrected chi connectivity index (χ4v) is 5.43. The largest absolute Gasteiger partial charge is 0.493 e. The van der Waals surface area contributed by atoms with Crippen molar-refractivity contribution in [1.82, 2.24) is 14.7 Å². The number of pyridine rings is 2. The Bertz CT molecular complexity index is 1600. The highest BCUT2D eigenvalue weighted by Crippen LogP contribution is 2.43. The lowest BCUT2D eigenvalue weighted by Gasteiger charge is -2.27. The van der Waals surface area contributed by atoms with E-state index in [1.807, 2.05) is 47.6 Å². The lowest BCUT2D eigenvalue weighted by molar-refractivity contribution is -0.0444. The van der Waals surface area contributed by atoms with Crippen LogP contribution in [0, 0.1) is 11.7 Å². The quantitative estimate of drug-likeness (QED) is 0.388. The standard InChI is InChI=1S/C29H33FN4O5S/c1-17(2)16-38-20-13-18(12-19(30)14-20)23-11-10-21(26(32-23)22-15-28(3,4)39-29(22,5)6)27(35)34-40(36,37)25-9-7-8-24(31)33-25/h7-15,17H,16H2,1-6H3,(H2,31,33)(H,34,35). The first kappa shape index (κ1) is 29.2. The van der Waals surface area contributed by atoms with E-state index < -0.39 is 38.0 Å². The number of halogens is 1. The van der Waals surface area contributed by atoms with Gasteiger partial charge in [-0.3, -0.25) is 4.79 Å². The van der Waals surface area contributed by atoms with Crippen molar-refractivity contribution in [3.05, 3.63) is 71.7 Å². The molecule has 3 heterocycles. The number of amides is 1. The Labute approximate surface area is 233 Å². The summed E-state index contributed by atoms with van der Waals surface area (Å²) in [4.78, 5) is 22.0. The molecule has 3 aromatic rings. The Morgan fingerprint density at radius 2 is 1.82 bits per heavy atom. The number of nitrogens with two attached hydrogens (primary N) is 1. The zero-order valence-electron chi connectivity index (χ0n) is 23.3. The minimum Gasteiger partial charge on any atom is -0.493 e. The van der Waals surface area contributed by atoms with E-state index in [9.17, 15) is 17.6 Å². The van der Waals surface area contributed by atoms with E-state index in [-0.39, 0.29) is 23.0 Å². The van der Waals surface area contributed by atoms with Crippen molar-refractivity contribution in [1.29, 1.82) is 0 Å². The summed E-state index contributed by atoms with van der Waals surface area (Å²) in [7, 11) is -4.34. The molecule has 0 saturated heterocycles. The number of hydrogen-bond acceptors (Lipinski definition) is 8. The molecule has 212 valence electrons. The summed E-state index contributed by atoms with van der Waals surface area (Å²) < 4.78 is 54.4. The maximum Gasteiger partial charge on any atom is 0.281 e. The minimum atomic E-state index is -4.34. The molecule has 40 heavy (non-hydrogen) atoms. The monoisotopic (exact) mass is 568 g/mol. The van der Waals surface area contributed by atoms with Crippen molar-refractivity contribution >= 4 is 27.3 Å².